The molecule has 2 aliphatic rings. The Morgan fingerprint density at radius 2 is 2.32 bits per heavy atom. The number of ether oxygens (including phenoxy) is 1. The Bertz CT molecular complexity index is 436. The lowest BCUT2D eigenvalue weighted by Crippen LogP contribution is -2.60. The summed E-state index contributed by atoms with van der Waals surface area (Å²) in [6.45, 7) is -0.221. The van der Waals surface area contributed by atoms with E-state index >= 15 is 0 Å². The summed E-state index contributed by atoms with van der Waals surface area (Å²) < 4.78 is 5.48. The number of carbonyl (C=O) groups is 2. The fourth-order valence-corrected chi connectivity index (χ4v) is 2.10. The van der Waals surface area contributed by atoms with E-state index in [2.05, 4.69) is 15.3 Å². The van der Waals surface area contributed by atoms with Crippen molar-refractivity contribution in [3.8, 4) is 0 Å². The first-order chi connectivity index (χ1) is 9.06. The fraction of sp³-hybridized carbons (Fsp3) is 0.778. The molecule has 2 N–H and O–H groups in total. The van der Waals surface area contributed by atoms with Crippen LogP contribution in [-0.4, -0.2) is 65.7 Å². The molecule has 0 aromatic rings. The normalized spacial score (nSPS) is 31.2. The summed E-state index contributed by atoms with van der Waals surface area (Å²) in [6, 6.07) is -1.58. The zero-order chi connectivity index (χ0) is 14.0. The van der Waals surface area contributed by atoms with Crippen molar-refractivity contribution < 1.29 is 19.4 Å². The maximum atomic E-state index is 11.7. The first kappa shape index (κ1) is 13.4. The average molecular weight is 270 g/mol. The van der Waals surface area contributed by atoms with Crippen LogP contribution < -0.4 is 5.32 Å². The van der Waals surface area contributed by atoms with Crippen molar-refractivity contribution >= 4 is 12.1 Å². The highest BCUT2D eigenvalue weighted by atomic mass is 16.5. The lowest BCUT2D eigenvalue weighted by molar-refractivity contribution is -0.0640. The van der Waals surface area contributed by atoms with Gasteiger partial charge in [-0.1, -0.05) is 5.11 Å². The van der Waals surface area contributed by atoms with E-state index < -0.39 is 30.4 Å². The van der Waals surface area contributed by atoms with Gasteiger partial charge < -0.3 is 14.7 Å². The van der Waals surface area contributed by atoms with Crippen LogP contribution in [0.25, 0.3) is 10.4 Å². The summed E-state index contributed by atoms with van der Waals surface area (Å²) in [6.07, 6.45) is -0.995. The van der Waals surface area contributed by atoms with Crippen molar-refractivity contribution in [1.29, 1.82) is 0 Å². The van der Waals surface area contributed by atoms with Gasteiger partial charge in [-0.3, -0.25) is 10.2 Å². The molecule has 2 saturated heterocycles. The first-order valence-corrected chi connectivity index (χ1v) is 5.70. The lowest BCUT2D eigenvalue weighted by atomic mass is 10.1. The van der Waals surface area contributed by atoms with Crippen LogP contribution in [-0.2, 0) is 4.74 Å². The van der Waals surface area contributed by atoms with Gasteiger partial charge in [0.2, 0.25) is 0 Å². The van der Waals surface area contributed by atoms with Crippen molar-refractivity contribution in [3.05, 3.63) is 10.4 Å². The van der Waals surface area contributed by atoms with Gasteiger partial charge >= 0.3 is 12.1 Å². The Morgan fingerprint density at radius 1 is 1.58 bits per heavy atom. The summed E-state index contributed by atoms with van der Waals surface area (Å²) >= 11 is 0. The number of aliphatic hydroxyl groups excluding tert-OH is 1. The van der Waals surface area contributed by atoms with Crippen molar-refractivity contribution in [2.45, 2.75) is 24.8 Å². The Hall–Kier alpha value is -2.03. The molecule has 19 heavy (non-hydrogen) atoms. The van der Waals surface area contributed by atoms with Gasteiger partial charge in [0, 0.05) is 18.4 Å². The SMILES string of the molecule is CN1CN([C@H]2C[C@H](N=[N+]=[N-])[C@@H](CO)O2)C(=O)NC1=O. The fourth-order valence-electron chi connectivity index (χ4n) is 2.10. The summed E-state index contributed by atoms with van der Waals surface area (Å²) in [5.41, 5.74) is 8.44. The maximum absolute atomic E-state index is 11.7. The van der Waals surface area contributed by atoms with Gasteiger partial charge in [-0.15, -0.1) is 0 Å². The molecule has 10 nitrogen and oxygen atoms in total. The molecule has 3 atom stereocenters. The highest BCUT2D eigenvalue weighted by Gasteiger charge is 2.41. The summed E-state index contributed by atoms with van der Waals surface area (Å²) in [4.78, 5) is 28.3. The second-order valence-corrected chi connectivity index (χ2v) is 4.36. The molecule has 0 aromatic carbocycles. The van der Waals surface area contributed by atoms with E-state index in [1.54, 1.807) is 0 Å². The van der Waals surface area contributed by atoms with E-state index in [9.17, 15) is 9.59 Å². The number of amides is 4. The Kier molecular flexibility index (Phi) is 3.74. The molecule has 0 saturated carbocycles. The van der Waals surface area contributed by atoms with Crippen LogP contribution in [0.15, 0.2) is 5.11 Å². The van der Waals surface area contributed by atoms with Crippen LogP contribution in [0, 0.1) is 0 Å². The number of rotatable bonds is 3. The monoisotopic (exact) mass is 270 g/mol. The van der Waals surface area contributed by atoms with Crippen LogP contribution in [0.3, 0.4) is 0 Å². The van der Waals surface area contributed by atoms with Crippen molar-refractivity contribution in [2.24, 2.45) is 5.11 Å². The molecule has 0 aromatic heterocycles. The minimum Gasteiger partial charge on any atom is -0.394 e. The molecule has 0 spiro atoms. The molecule has 0 unspecified atom stereocenters. The zero-order valence-electron chi connectivity index (χ0n) is 10.3. The van der Waals surface area contributed by atoms with Crippen molar-refractivity contribution in [2.75, 3.05) is 20.3 Å². The number of urea groups is 2. The zero-order valence-corrected chi connectivity index (χ0v) is 10.3. The van der Waals surface area contributed by atoms with E-state index in [1.807, 2.05) is 0 Å². The van der Waals surface area contributed by atoms with Gasteiger partial charge in [0.25, 0.3) is 0 Å². The molecule has 2 fully saturated rings. The number of nitrogens with zero attached hydrogens (tertiary/aromatic N) is 5. The number of azide groups is 1. The van der Waals surface area contributed by atoms with E-state index in [1.165, 1.54) is 16.8 Å². The lowest BCUT2D eigenvalue weighted by Gasteiger charge is -2.36. The molecule has 0 radical (unpaired) electrons. The number of hydrogen-bond acceptors (Lipinski definition) is 5. The van der Waals surface area contributed by atoms with E-state index in [0.29, 0.717) is 0 Å². The van der Waals surface area contributed by atoms with Crippen LogP contribution in [0.4, 0.5) is 9.59 Å². The minimum atomic E-state index is -0.642. The smallest absolute Gasteiger partial charge is 0.328 e. The predicted octanol–water partition coefficient (Wildman–Crippen LogP) is -0.193. The Morgan fingerprint density at radius 3 is 2.95 bits per heavy atom. The number of aliphatic hydroxyl groups is 1. The second kappa shape index (κ2) is 5.31. The highest BCUT2D eigenvalue weighted by molar-refractivity contribution is 5.95. The van der Waals surface area contributed by atoms with E-state index in [4.69, 9.17) is 15.4 Å². The van der Waals surface area contributed by atoms with Crippen LogP contribution in [0.1, 0.15) is 6.42 Å². The van der Waals surface area contributed by atoms with Crippen LogP contribution in [0.5, 0.6) is 0 Å². The third-order valence-corrected chi connectivity index (χ3v) is 3.12. The molecule has 2 aliphatic heterocycles. The highest BCUT2D eigenvalue weighted by Crippen LogP contribution is 2.26. The average Bonchev–Trinajstić information content (AvgIpc) is 2.77. The largest absolute Gasteiger partial charge is 0.394 e. The summed E-state index contributed by atoms with van der Waals surface area (Å²) in [5, 5.41) is 14.8. The number of imide groups is 1. The Labute approximate surface area is 108 Å². The molecule has 0 aliphatic carbocycles. The predicted molar refractivity (Wildman–Crippen MR) is 61.7 cm³/mol. The van der Waals surface area contributed by atoms with E-state index in [-0.39, 0.29) is 19.7 Å². The van der Waals surface area contributed by atoms with Crippen molar-refractivity contribution in [1.82, 2.24) is 15.1 Å². The van der Waals surface area contributed by atoms with Crippen LogP contribution >= 0.6 is 0 Å². The molecule has 104 valence electrons. The minimum absolute atomic E-state index is 0.0798. The molecule has 2 heterocycles. The molecule has 10 heteroatoms. The summed E-state index contributed by atoms with van der Waals surface area (Å²) in [5.74, 6) is 0. The van der Waals surface area contributed by atoms with Gasteiger partial charge in [0.05, 0.1) is 18.8 Å². The van der Waals surface area contributed by atoms with Gasteiger partial charge in [-0.2, -0.15) is 0 Å². The van der Waals surface area contributed by atoms with Gasteiger partial charge in [0.15, 0.2) is 0 Å². The van der Waals surface area contributed by atoms with Crippen LogP contribution in [0.2, 0.25) is 0 Å². The quantitative estimate of drug-likeness (QED) is 0.418. The number of carbonyl (C=O) groups excluding carboxylic acids is 2. The maximum Gasteiger partial charge on any atom is 0.328 e. The van der Waals surface area contributed by atoms with E-state index in [0.717, 1.165) is 0 Å². The summed E-state index contributed by atoms with van der Waals surface area (Å²) in [7, 11) is 1.54. The number of hydrogen-bond donors (Lipinski definition) is 2. The molecule has 4 amide bonds. The standard InChI is InChI=1S/C9H14N6O4/c1-14-4-15(9(18)11-8(14)17)7-2-5(12-13-10)6(3-16)19-7/h5-7,16H,2-4H2,1H3,(H,11,17,18)/t5-,6+,7+/m0/s1. The molecule has 2 rings (SSSR count). The van der Waals surface area contributed by atoms with Gasteiger partial charge in [0.1, 0.15) is 12.9 Å². The molecule has 0 bridgehead atoms. The molecular formula is C9H14N6O4. The van der Waals surface area contributed by atoms with Gasteiger partial charge in [-0.05, 0) is 5.53 Å². The topological polar surface area (TPSA) is 131 Å². The first-order valence-electron chi connectivity index (χ1n) is 5.70. The third-order valence-electron chi connectivity index (χ3n) is 3.12. The Balaban J connectivity index is 2.08. The van der Waals surface area contributed by atoms with Gasteiger partial charge in [-0.25, -0.2) is 9.59 Å². The second-order valence-electron chi connectivity index (χ2n) is 4.36. The molecular weight excluding hydrogens is 256 g/mol. The third kappa shape index (κ3) is 2.55. The number of nitrogens with one attached hydrogen (secondary N) is 1. The van der Waals surface area contributed by atoms with Crippen molar-refractivity contribution in [3.63, 3.8) is 0 Å².